The van der Waals surface area contributed by atoms with Gasteiger partial charge in [-0.3, -0.25) is 0 Å². The van der Waals surface area contributed by atoms with E-state index in [0.29, 0.717) is 12.1 Å². The van der Waals surface area contributed by atoms with Gasteiger partial charge in [0.25, 0.3) is 0 Å². The molecule has 0 bridgehead atoms. The molecule has 1 fully saturated rings. The Kier molecular flexibility index (Phi) is 5.62. The Labute approximate surface area is 94.8 Å². The summed E-state index contributed by atoms with van der Waals surface area (Å²) >= 11 is 0. The Morgan fingerprint density at radius 1 is 1.33 bits per heavy atom. The minimum atomic E-state index is 0.442. The van der Waals surface area contributed by atoms with Gasteiger partial charge in [0.2, 0.25) is 0 Å². The van der Waals surface area contributed by atoms with Gasteiger partial charge in [0.1, 0.15) is 0 Å². The Hall–Kier alpha value is -0.0800. The van der Waals surface area contributed by atoms with Crippen molar-refractivity contribution in [1.29, 1.82) is 0 Å². The van der Waals surface area contributed by atoms with Crippen LogP contribution in [-0.4, -0.2) is 25.8 Å². The van der Waals surface area contributed by atoms with Crippen LogP contribution in [-0.2, 0) is 4.74 Å². The third-order valence-corrected chi connectivity index (χ3v) is 3.45. The number of nitrogens with one attached hydrogen (secondary N) is 1. The van der Waals surface area contributed by atoms with Crippen molar-refractivity contribution in [1.82, 2.24) is 5.32 Å². The summed E-state index contributed by atoms with van der Waals surface area (Å²) in [7, 11) is 2.06. The van der Waals surface area contributed by atoms with Crippen molar-refractivity contribution in [2.75, 3.05) is 13.7 Å². The highest BCUT2D eigenvalue weighted by atomic mass is 16.5. The minimum absolute atomic E-state index is 0.442. The fraction of sp³-hybridized carbons (Fsp3) is 1.00. The zero-order chi connectivity index (χ0) is 11.3. The van der Waals surface area contributed by atoms with E-state index < -0.39 is 0 Å². The summed E-state index contributed by atoms with van der Waals surface area (Å²) in [5.41, 5.74) is 0. The smallest absolute Gasteiger partial charge is 0.0730 e. The van der Waals surface area contributed by atoms with E-state index in [0.717, 1.165) is 18.4 Å². The molecule has 1 aliphatic rings. The first kappa shape index (κ1) is 13.0. The van der Waals surface area contributed by atoms with Crippen LogP contribution in [0.4, 0.5) is 0 Å². The quantitative estimate of drug-likeness (QED) is 0.758. The molecule has 0 saturated heterocycles. The summed E-state index contributed by atoms with van der Waals surface area (Å²) in [5.74, 6) is 1.58. The normalized spacial score (nSPS) is 32.2. The third-order valence-electron chi connectivity index (χ3n) is 3.45. The second-order valence-corrected chi connectivity index (χ2v) is 5.41. The van der Waals surface area contributed by atoms with Crippen LogP contribution < -0.4 is 5.32 Å². The van der Waals surface area contributed by atoms with E-state index in [-0.39, 0.29) is 0 Å². The van der Waals surface area contributed by atoms with Gasteiger partial charge >= 0.3 is 0 Å². The zero-order valence-electron chi connectivity index (χ0n) is 10.8. The molecule has 3 unspecified atom stereocenters. The predicted octanol–water partition coefficient (Wildman–Crippen LogP) is 2.83. The molecule has 0 radical (unpaired) electrons. The topological polar surface area (TPSA) is 21.3 Å². The standard InChI is InChI=1S/C13H27NO/c1-10(2)7-8-15-13-9-11(3)5-6-12(13)14-4/h10-14H,5-9H2,1-4H3. The Morgan fingerprint density at radius 3 is 2.67 bits per heavy atom. The maximum absolute atomic E-state index is 6.01. The lowest BCUT2D eigenvalue weighted by Gasteiger charge is -2.34. The molecule has 90 valence electrons. The summed E-state index contributed by atoms with van der Waals surface area (Å²) < 4.78 is 6.01. The van der Waals surface area contributed by atoms with Crippen molar-refractivity contribution >= 4 is 0 Å². The Bertz CT molecular complexity index is 170. The van der Waals surface area contributed by atoms with Crippen LogP contribution in [0.3, 0.4) is 0 Å². The third kappa shape index (κ3) is 4.52. The van der Waals surface area contributed by atoms with Crippen LogP contribution in [0.25, 0.3) is 0 Å². The van der Waals surface area contributed by atoms with Gasteiger partial charge < -0.3 is 10.1 Å². The van der Waals surface area contributed by atoms with E-state index in [1.807, 2.05) is 0 Å². The summed E-state index contributed by atoms with van der Waals surface area (Å²) in [6.07, 6.45) is 5.46. The number of hydrogen-bond acceptors (Lipinski definition) is 2. The first-order chi connectivity index (χ1) is 7.13. The van der Waals surface area contributed by atoms with Crippen molar-refractivity contribution in [2.45, 2.75) is 58.6 Å². The molecule has 1 saturated carbocycles. The highest BCUT2D eigenvalue weighted by molar-refractivity contribution is 4.83. The average molecular weight is 213 g/mol. The van der Waals surface area contributed by atoms with Crippen LogP contribution >= 0.6 is 0 Å². The highest BCUT2D eigenvalue weighted by Crippen LogP contribution is 2.26. The maximum atomic E-state index is 6.01. The highest BCUT2D eigenvalue weighted by Gasteiger charge is 2.27. The second kappa shape index (κ2) is 6.49. The van der Waals surface area contributed by atoms with Gasteiger partial charge in [0.05, 0.1) is 6.10 Å². The van der Waals surface area contributed by atoms with E-state index in [9.17, 15) is 0 Å². The molecule has 15 heavy (non-hydrogen) atoms. The van der Waals surface area contributed by atoms with Crippen LogP contribution in [0.5, 0.6) is 0 Å². The SMILES string of the molecule is CNC1CCC(C)CC1OCCC(C)C. The monoisotopic (exact) mass is 213 g/mol. The lowest BCUT2D eigenvalue weighted by atomic mass is 9.85. The lowest BCUT2D eigenvalue weighted by molar-refractivity contribution is -0.00973. The molecule has 3 atom stereocenters. The van der Waals surface area contributed by atoms with Gasteiger partial charge in [0, 0.05) is 12.6 Å². The number of rotatable bonds is 5. The first-order valence-electron chi connectivity index (χ1n) is 6.42. The fourth-order valence-corrected chi connectivity index (χ4v) is 2.30. The van der Waals surface area contributed by atoms with Crippen LogP contribution in [0.2, 0.25) is 0 Å². The van der Waals surface area contributed by atoms with E-state index in [2.05, 4.69) is 33.1 Å². The summed E-state index contributed by atoms with van der Waals surface area (Å²) in [6, 6.07) is 0.577. The molecule has 0 aromatic heterocycles. The van der Waals surface area contributed by atoms with Gasteiger partial charge in [-0.15, -0.1) is 0 Å². The van der Waals surface area contributed by atoms with E-state index in [1.165, 1.54) is 25.7 Å². The van der Waals surface area contributed by atoms with Crippen LogP contribution in [0, 0.1) is 11.8 Å². The fourth-order valence-electron chi connectivity index (χ4n) is 2.30. The van der Waals surface area contributed by atoms with Gasteiger partial charge in [0.15, 0.2) is 0 Å². The van der Waals surface area contributed by atoms with Crippen molar-refractivity contribution < 1.29 is 4.74 Å². The predicted molar refractivity (Wildman–Crippen MR) is 65.1 cm³/mol. The van der Waals surface area contributed by atoms with Crippen LogP contribution in [0.1, 0.15) is 46.5 Å². The first-order valence-corrected chi connectivity index (χ1v) is 6.42. The summed E-state index contributed by atoms with van der Waals surface area (Å²) in [6.45, 7) is 7.77. The molecule has 2 heteroatoms. The van der Waals surface area contributed by atoms with E-state index >= 15 is 0 Å². The van der Waals surface area contributed by atoms with Crippen molar-refractivity contribution in [3.8, 4) is 0 Å². The van der Waals surface area contributed by atoms with Gasteiger partial charge in [-0.2, -0.15) is 0 Å². The lowest BCUT2D eigenvalue weighted by Crippen LogP contribution is -2.43. The van der Waals surface area contributed by atoms with Gasteiger partial charge in [-0.25, -0.2) is 0 Å². The van der Waals surface area contributed by atoms with Gasteiger partial charge in [-0.05, 0) is 44.6 Å². The minimum Gasteiger partial charge on any atom is -0.377 e. The molecule has 1 N–H and O–H groups in total. The van der Waals surface area contributed by atoms with Crippen molar-refractivity contribution in [3.05, 3.63) is 0 Å². The van der Waals surface area contributed by atoms with E-state index in [1.54, 1.807) is 0 Å². The maximum Gasteiger partial charge on any atom is 0.0730 e. The van der Waals surface area contributed by atoms with Crippen molar-refractivity contribution in [3.63, 3.8) is 0 Å². The molecule has 0 aromatic rings. The summed E-state index contributed by atoms with van der Waals surface area (Å²) in [5, 5.41) is 3.39. The zero-order valence-corrected chi connectivity index (χ0v) is 10.8. The molecule has 2 nitrogen and oxygen atoms in total. The van der Waals surface area contributed by atoms with E-state index in [4.69, 9.17) is 4.74 Å². The Balaban J connectivity index is 2.28. The molecule has 0 heterocycles. The molecule has 1 rings (SSSR count). The molecule has 0 spiro atoms. The largest absolute Gasteiger partial charge is 0.377 e. The number of likely N-dealkylation sites (N-methyl/N-ethyl adjacent to an activating group) is 1. The molecular weight excluding hydrogens is 186 g/mol. The van der Waals surface area contributed by atoms with Crippen LogP contribution in [0.15, 0.2) is 0 Å². The summed E-state index contributed by atoms with van der Waals surface area (Å²) in [4.78, 5) is 0. The van der Waals surface area contributed by atoms with Crippen molar-refractivity contribution in [2.24, 2.45) is 11.8 Å². The van der Waals surface area contributed by atoms with Gasteiger partial charge in [-0.1, -0.05) is 20.8 Å². The molecule has 0 aliphatic heterocycles. The second-order valence-electron chi connectivity index (χ2n) is 5.41. The Morgan fingerprint density at radius 2 is 2.07 bits per heavy atom. The molecule has 0 aromatic carbocycles. The molecule has 0 amide bonds. The number of hydrogen-bond donors (Lipinski definition) is 1. The average Bonchev–Trinajstić information content (AvgIpc) is 2.17. The molecular formula is C13H27NO. The number of ether oxygens (including phenoxy) is 1. The molecule has 1 aliphatic carbocycles.